The van der Waals surface area contributed by atoms with E-state index < -0.39 is 33.6 Å². The number of amides is 1. The van der Waals surface area contributed by atoms with Crippen molar-refractivity contribution >= 4 is 27.3 Å². The summed E-state index contributed by atoms with van der Waals surface area (Å²) in [5, 5.41) is 2.74. The average molecular weight is 438 g/mol. The summed E-state index contributed by atoms with van der Waals surface area (Å²) in [5.74, 6) is -2.78. The maximum Gasteiger partial charge on any atom is 0.243 e. The first kappa shape index (κ1) is 22.0. The van der Waals surface area contributed by atoms with Crippen molar-refractivity contribution < 1.29 is 22.0 Å². The van der Waals surface area contributed by atoms with Gasteiger partial charge in [-0.1, -0.05) is 18.2 Å². The van der Waals surface area contributed by atoms with E-state index in [0.29, 0.717) is 13.0 Å². The van der Waals surface area contributed by atoms with Crippen LogP contribution in [0.15, 0.2) is 42.5 Å². The van der Waals surface area contributed by atoms with Gasteiger partial charge in [-0.3, -0.25) is 9.10 Å². The highest BCUT2D eigenvalue weighted by Gasteiger charge is 2.29. The molecular formula is C21H25F2N3O3S. The van der Waals surface area contributed by atoms with E-state index in [-0.39, 0.29) is 5.69 Å². The number of carbonyl (C=O) groups is 1. The van der Waals surface area contributed by atoms with Gasteiger partial charge in [-0.15, -0.1) is 0 Å². The van der Waals surface area contributed by atoms with Gasteiger partial charge >= 0.3 is 0 Å². The van der Waals surface area contributed by atoms with E-state index in [4.69, 9.17) is 0 Å². The van der Waals surface area contributed by atoms with Crippen LogP contribution in [0.5, 0.6) is 0 Å². The molecule has 0 aromatic heterocycles. The summed E-state index contributed by atoms with van der Waals surface area (Å²) in [6.45, 7) is 3.48. The molecule has 0 unspecified atom stereocenters. The summed E-state index contributed by atoms with van der Waals surface area (Å²) >= 11 is 0. The standard InChI is InChI=1S/C21H25F2N3O3S/c1-15(26(30(2,28)29)17-8-9-18(22)19(23)14-17)21(27)24-11-5-12-25-13-10-16-6-3-4-7-20(16)25/h3-4,6-9,14-15H,5,10-13H2,1-2H3,(H,24,27)/t15-/m1/s1. The highest BCUT2D eigenvalue weighted by Crippen LogP contribution is 2.27. The lowest BCUT2D eigenvalue weighted by Gasteiger charge is -2.28. The van der Waals surface area contributed by atoms with Crippen molar-refractivity contribution in [2.75, 3.05) is 35.1 Å². The molecule has 162 valence electrons. The first-order chi connectivity index (χ1) is 14.2. The molecule has 2 aromatic carbocycles. The van der Waals surface area contributed by atoms with Crippen molar-refractivity contribution in [2.24, 2.45) is 0 Å². The smallest absolute Gasteiger partial charge is 0.243 e. The summed E-state index contributed by atoms with van der Waals surface area (Å²) in [6.07, 6.45) is 2.61. The molecule has 1 atom stereocenters. The van der Waals surface area contributed by atoms with E-state index in [1.54, 1.807) is 0 Å². The summed E-state index contributed by atoms with van der Waals surface area (Å²) < 4.78 is 52.0. The minimum atomic E-state index is -3.89. The number of benzene rings is 2. The van der Waals surface area contributed by atoms with Crippen LogP contribution in [0.25, 0.3) is 0 Å². The number of para-hydroxylation sites is 1. The first-order valence-electron chi connectivity index (χ1n) is 9.73. The number of halogens is 2. The molecule has 6 nitrogen and oxygen atoms in total. The maximum absolute atomic E-state index is 13.6. The minimum Gasteiger partial charge on any atom is -0.371 e. The lowest BCUT2D eigenvalue weighted by molar-refractivity contribution is -0.121. The molecule has 1 amide bonds. The highest BCUT2D eigenvalue weighted by atomic mass is 32.2. The van der Waals surface area contributed by atoms with Gasteiger partial charge in [0.15, 0.2) is 11.6 Å². The van der Waals surface area contributed by atoms with Gasteiger partial charge in [0.1, 0.15) is 6.04 Å². The zero-order valence-corrected chi connectivity index (χ0v) is 17.8. The van der Waals surface area contributed by atoms with E-state index in [2.05, 4.69) is 22.3 Å². The van der Waals surface area contributed by atoms with Gasteiger partial charge in [0, 0.05) is 31.4 Å². The number of anilines is 2. The van der Waals surface area contributed by atoms with E-state index in [0.717, 1.165) is 48.3 Å². The fraction of sp³-hybridized carbons (Fsp3) is 0.381. The van der Waals surface area contributed by atoms with Crippen molar-refractivity contribution in [3.63, 3.8) is 0 Å². The van der Waals surface area contributed by atoms with Crippen LogP contribution in [-0.2, 0) is 21.2 Å². The number of sulfonamides is 1. The lowest BCUT2D eigenvalue weighted by Crippen LogP contribution is -2.48. The van der Waals surface area contributed by atoms with Crippen molar-refractivity contribution in [3.8, 4) is 0 Å². The Morgan fingerprint density at radius 3 is 2.63 bits per heavy atom. The molecule has 0 spiro atoms. The fourth-order valence-corrected chi connectivity index (χ4v) is 4.87. The maximum atomic E-state index is 13.6. The van der Waals surface area contributed by atoms with Crippen LogP contribution in [0.4, 0.5) is 20.2 Å². The van der Waals surface area contributed by atoms with Gasteiger partial charge < -0.3 is 10.2 Å². The summed E-state index contributed by atoms with van der Waals surface area (Å²) in [7, 11) is -3.89. The van der Waals surface area contributed by atoms with Gasteiger partial charge in [0.2, 0.25) is 15.9 Å². The number of hydrogen-bond acceptors (Lipinski definition) is 4. The molecule has 1 N–H and O–H groups in total. The topological polar surface area (TPSA) is 69.7 Å². The van der Waals surface area contributed by atoms with Crippen LogP contribution in [0, 0.1) is 11.6 Å². The monoisotopic (exact) mass is 437 g/mol. The number of carbonyl (C=O) groups excluding carboxylic acids is 1. The highest BCUT2D eigenvalue weighted by molar-refractivity contribution is 7.92. The molecule has 1 aliphatic heterocycles. The number of hydrogen-bond donors (Lipinski definition) is 1. The zero-order chi connectivity index (χ0) is 21.9. The van der Waals surface area contributed by atoms with Crippen molar-refractivity contribution in [1.29, 1.82) is 0 Å². The van der Waals surface area contributed by atoms with Crippen LogP contribution < -0.4 is 14.5 Å². The Morgan fingerprint density at radius 1 is 1.20 bits per heavy atom. The molecule has 0 saturated heterocycles. The van der Waals surface area contributed by atoms with Gasteiger partial charge in [0.05, 0.1) is 11.9 Å². The molecule has 30 heavy (non-hydrogen) atoms. The summed E-state index contributed by atoms with van der Waals surface area (Å²) in [4.78, 5) is 14.8. The normalized spacial score (nSPS) is 14.3. The SMILES string of the molecule is C[C@H](C(=O)NCCCN1CCc2ccccc21)N(c1ccc(F)c(F)c1)S(C)(=O)=O. The second-order valence-corrected chi connectivity index (χ2v) is 9.20. The summed E-state index contributed by atoms with van der Waals surface area (Å²) in [6, 6.07) is 9.83. The molecule has 1 heterocycles. The van der Waals surface area contributed by atoms with Gasteiger partial charge in [-0.25, -0.2) is 17.2 Å². The second-order valence-electron chi connectivity index (χ2n) is 7.34. The molecule has 2 aromatic rings. The molecule has 1 aliphatic rings. The molecule has 0 fully saturated rings. The van der Waals surface area contributed by atoms with E-state index in [1.807, 2.05) is 12.1 Å². The molecule has 0 saturated carbocycles. The average Bonchev–Trinajstić information content (AvgIpc) is 3.10. The Bertz CT molecular complexity index is 1030. The molecule has 9 heteroatoms. The Balaban J connectivity index is 1.59. The van der Waals surface area contributed by atoms with Crippen LogP contribution in [0.3, 0.4) is 0 Å². The number of nitrogens with zero attached hydrogens (tertiary/aromatic N) is 2. The van der Waals surface area contributed by atoms with Crippen LogP contribution in [0.1, 0.15) is 18.9 Å². The quantitative estimate of drug-likeness (QED) is 0.645. The fourth-order valence-electron chi connectivity index (χ4n) is 3.70. The third-order valence-electron chi connectivity index (χ3n) is 5.13. The van der Waals surface area contributed by atoms with Gasteiger partial charge in [-0.2, -0.15) is 0 Å². The lowest BCUT2D eigenvalue weighted by atomic mass is 10.2. The Morgan fingerprint density at radius 2 is 1.93 bits per heavy atom. The Kier molecular flexibility index (Phi) is 6.60. The molecular weight excluding hydrogens is 412 g/mol. The predicted octanol–water partition coefficient (Wildman–Crippen LogP) is 2.69. The van der Waals surface area contributed by atoms with Crippen LogP contribution in [0.2, 0.25) is 0 Å². The molecule has 0 bridgehead atoms. The number of rotatable bonds is 8. The summed E-state index contributed by atoms with van der Waals surface area (Å²) in [5.41, 5.74) is 2.41. The minimum absolute atomic E-state index is 0.104. The molecule has 0 aliphatic carbocycles. The Labute approximate surface area is 175 Å². The van der Waals surface area contributed by atoms with E-state index >= 15 is 0 Å². The van der Waals surface area contributed by atoms with Crippen LogP contribution >= 0.6 is 0 Å². The van der Waals surface area contributed by atoms with E-state index in [1.165, 1.54) is 18.2 Å². The van der Waals surface area contributed by atoms with Gasteiger partial charge in [-0.05, 0) is 43.5 Å². The van der Waals surface area contributed by atoms with Crippen LogP contribution in [-0.4, -0.2) is 46.3 Å². The van der Waals surface area contributed by atoms with Crippen molar-refractivity contribution in [2.45, 2.75) is 25.8 Å². The number of nitrogens with one attached hydrogen (secondary N) is 1. The van der Waals surface area contributed by atoms with Crippen molar-refractivity contribution in [3.05, 3.63) is 59.7 Å². The number of fused-ring (bicyclic) bond motifs is 1. The van der Waals surface area contributed by atoms with Gasteiger partial charge in [0.25, 0.3) is 0 Å². The van der Waals surface area contributed by atoms with Crippen molar-refractivity contribution in [1.82, 2.24) is 5.32 Å². The third kappa shape index (κ3) is 4.89. The Hall–Kier alpha value is -2.68. The largest absolute Gasteiger partial charge is 0.371 e. The zero-order valence-electron chi connectivity index (χ0n) is 16.9. The molecule has 0 radical (unpaired) electrons. The third-order valence-corrected chi connectivity index (χ3v) is 6.38. The predicted molar refractivity (Wildman–Crippen MR) is 113 cm³/mol. The second kappa shape index (κ2) is 8.99. The molecule has 3 rings (SSSR count). The first-order valence-corrected chi connectivity index (χ1v) is 11.6. The van der Waals surface area contributed by atoms with E-state index in [9.17, 15) is 22.0 Å².